The van der Waals surface area contributed by atoms with Gasteiger partial charge in [-0.15, -0.1) is 0 Å². The zero-order chi connectivity index (χ0) is 10.1. The van der Waals surface area contributed by atoms with Crippen molar-refractivity contribution in [2.45, 2.75) is 6.92 Å². The average molecular weight is 191 g/mol. The maximum absolute atomic E-state index is 4.32. The molecule has 1 N–H and O–H groups in total. The normalized spacial score (nSPS) is 10.5. The molecule has 0 saturated heterocycles. The van der Waals surface area contributed by atoms with Crippen molar-refractivity contribution < 1.29 is 0 Å². The third kappa shape index (κ3) is 1.61. The number of aryl methyl sites for hydroxylation is 3. The highest BCUT2D eigenvalue weighted by Crippen LogP contribution is 2.12. The number of imidazole rings is 1. The summed E-state index contributed by atoms with van der Waals surface area (Å²) in [6, 6.07) is 1.91. The van der Waals surface area contributed by atoms with Crippen molar-refractivity contribution in [1.82, 2.24) is 19.3 Å². The third-order valence-electron chi connectivity index (χ3n) is 1.95. The summed E-state index contributed by atoms with van der Waals surface area (Å²) in [7, 11) is 3.83. The summed E-state index contributed by atoms with van der Waals surface area (Å²) in [4.78, 5) is 4.32. The van der Waals surface area contributed by atoms with Gasteiger partial charge in [0.05, 0.1) is 5.69 Å². The van der Waals surface area contributed by atoms with Crippen molar-refractivity contribution in [1.29, 1.82) is 0 Å². The zero-order valence-corrected chi connectivity index (χ0v) is 8.52. The quantitative estimate of drug-likeness (QED) is 0.776. The summed E-state index contributed by atoms with van der Waals surface area (Å²) < 4.78 is 3.68. The summed E-state index contributed by atoms with van der Waals surface area (Å²) in [5.74, 6) is 1.61. The molecule has 2 heterocycles. The van der Waals surface area contributed by atoms with Gasteiger partial charge in [0.1, 0.15) is 0 Å². The van der Waals surface area contributed by atoms with Crippen LogP contribution in [0.2, 0.25) is 0 Å². The van der Waals surface area contributed by atoms with Crippen molar-refractivity contribution in [3.05, 3.63) is 24.2 Å². The van der Waals surface area contributed by atoms with Gasteiger partial charge in [0.25, 0.3) is 0 Å². The Morgan fingerprint density at radius 3 is 2.64 bits per heavy atom. The smallest absolute Gasteiger partial charge is 0.208 e. The minimum atomic E-state index is 0.807. The first kappa shape index (κ1) is 8.80. The molecule has 0 spiro atoms. The summed E-state index contributed by atoms with van der Waals surface area (Å²) >= 11 is 0. The molecule has 0 aliphatic carbocycles. The molecular weight excluding hydrogens is 178 g/mol. The lowest BCUT2D eigenvalue weighted by molar-refractivity contribution is 0.770. The van der Waals surface area contributed by atoms with E-state index in [0.29, 0.717) is 0 Å². The molecule has 2 aromatic heterocycles. The van der Waals surface area contributed by atoms with Crippen LogP contribution in [0.25, 0.3) is 0 Å². The molecule has 2 aromatic rings. The molecule has 0 aliphatic rings. The van der Waals surface area contributed by atoms with E-state index in [4.69, 9.17) is 0 Å². The van der Waals surface area contributed by atoms with E-state index in [1.807, 2.05) is 44.0 Å². The molecule has 0 unspecified atom stereocenters. The Bertz CT molecular complexity index is 440. The number of anilines is 2. The van der Waals surface area contributed by atoms with Crippen molar-refractivity contribution >= 4 is 11.8 Å². The van der Waals surface area contributed by atoms with Gasteiger partial charge in [-0.1, -0.05) is 0 Å². The fourth-order valence-electron chi connectivity index (χ4n) is 1.33. The number of nitrogens with zero attached hydrogens (tertiary/aromatic N) is 4. The zero-order valence-electron chi connectivity index (χ0n) is 8.52. The number of hydrogen-bond acceptors (Lipinski definition) is 3. The van der Waals surface area contributed by atoms with Crippen LogP contribution in [0.5, 0.6) is 0 Å². The van der Waals surface area contributed by atoms with E-state index in [2.05, 4.69) is 15.4 Å². The SMILES string of the molecule is Cc1cn(C)c(Nc2ccn(C)n2)n1. The van der Waals surface area contributed by atoms with Crippen LogP contribution >= 0.6 is 0 Å². The molecule has 0 aromatic carbocycles. The summed E-state index contributed by atoms with van der Waals surface area (Å²) in [5, 5.41) is 7.34. The van der Waals surface area contributed by atoms with E-state index in [1.54, 1.807) is 4.68 Å². The van der Waals surface area contributed by atoms with Crippen molar-refractivity contribution in [2.24, 2.45) is 14.1 Å². The van der Waals surface area contributed by atoms with E-state index in [0.717, 1.165) is 17.5 Å². The molecule has 0 aliphatic heterocycles. The van der Waals surface area contributed by atoms with E-state index >= 15 is 0 Å². The fraction of sp³-hybridized carbons (Fsp3) is 0.333. The van der Waals surface area contributed by atoms with Gasteiger partial charge in [-0.3, -0.25) is 4.68 Å². The standard InChI is InChI=1S/C9H13N5/c1-7-6-13(2)9(10-7)11-8-4-5-14(3)12-8/h4-6H,1-3H3,(H,10,11,12). The lowest BCUT2D eigenvalue weighted by Gasteiger charge is -2.00. The highest BCUT2D eigenvalue weighted by atomic mass is 15.3. The second-order valence-electron chi connectivity index (χ2n) is 3.32. The van der Waals surface area contributed by atoms with E-state index in [-0.39, 0.29) is 0 Å². The highest BCUT2D eigenvalue weighted by molar-refractivity contribution is 5.47. The first-order valence-corrected chi connectivity index (χ1v) is 4.42. The van der Waals surface area contributed by atoms with Gasteiger partial charge in [0.15, 0.2) is 5.82 Å². The molecule has 0 saturated carbocycles. The Morgan fingerprint density at radius 1 is 1.36 bits per heavy atom. The summed E-state index contributed by atoms with van der Waals surface area (Å²) in [5.41, 5.74) is 0.992. The number of hydrogen-bond donors (Lipinski definition) is 1. The Hall–Kier alpha value is -1.78. The molecule has 5 heteroatoms. The monoisotopic (exact) mass is 191 g/mol. The molecule has 74 valence electrons. The van der Waals surface area contributed by atoms with E-state index in [9.17, 15) is 0 Å². The molecule has 5 nitrogen and oxygen atoms in total. The van der Waals surface area contributed by atoms with Gasteiger partial charge in [-0.2, -0.15) is 5.10 Å². The van der Waals surface area contributed by atoms with Gasteiger partial charge in [-0.25, -0.2) is 4.98 Å². The Balaban J connectivity index is 2.22. The Morgan fingerprint density at radius 2 is 2.14 bits per heavy atom. The predicted octanol–water partition coefficient (Wildman–Crippen LogP) is 1.21. The molecule has 14 heavy (non-hydrogen) atoms. The number of aromatic nitrogens is 4. The van der Waals surface area contributed by atoms with E-state index in [1.165, 1.54) is 0 Å². The topological polar surface area (TPSA) is 47.7 Å². The molecule has 0 fully saturated rings. The van der Waals surface area contributed by atoms with Crippen molar-refractivity contribution in [3.63, 3.8) is 0 Å². The van der Waals surface area contributed by atoms with Gasteiger partial charge in [0, 0.05) is 32.6 Å². The van der Waals surface area contributed by atoms with Crippen LogP contribution in [0, 0.1) is 6.92 Å². The molecule has 2 rings (SSSR count). The Kier molecular flexibility index (Phi) is 1.99. The lowest BCUT2D eigenvalue weighted by atomic mass is 10.6. The maximum Gasteiger partial charge on any atom is 0.208 e. The molecule has 0 atom stereocenters. The van der Waals surface area contributed by atoms with Gasteiger partial charge >= 0.3 is 0 Å². The number of rotatable bonds is 2. The first-order valence-electron chi connectivity index (χ1n) is 4.42. The lowest BCUT2D eigenvalue weighted by Crippen LogP contribution is -1.99. The van der Waals surface area contributed by atoms with E-state index < -0.39 is 0 Å². The van der Waals surface area contributed by atoms with Crippen LogP contribution in [-0.2, 0) is 14.1 Å². The van der Waals surface area contributed by atoms with Crippen LogP contribution in [0.1, 0.15) is 5.69 Å². The van der Waals surface area contributed by atoms with Crippen LogP contribution in [0.4, 0.5) is 11.8 Å². The molecule has 0 bridgehead atoms. The molecule has 0 radical (unpaired) electrons. The predicted molar refractivity (Wildman–Crippen MR) is 54.4 cm³/mol. The minimum Gasteiger partial charge on any atom is -0.320 e. The molecule has 0 amide bonds. The number of nitrogens with one attached hydrogen (secondary N) is 1. The Labute approximate surface area is 82.4 Å². The first-order chi connectivity index (χ1) is 6.65. The van der Waals surface area contributed by atoms with Crippen LogP contribution in [0.3, 0.4) is 0 Å². The maximum atomic E-state index is 4.32. The van der Waals surface area contributed by atoms with Gasteiger partial charge in [-0.05, 0) is 6.92 Å². The molecular formula is C9H13N5. The van der Waals surface area contributed by atoms with Crippen LogP contribution in [0.15, 0.2) is 18.5 Å². The van der Waals surface area contributed by atoms with Crippen LogP contribution < -0.4 is 5.32 Å². The second-order valence-corrected chi connectivity index (χ2v) is 3.32. The van der Waals surface area contributed by atoms with Gasteiger partial charge < -0.3 is 9.88 Å². The minimum absolute atomic E-state index is 0.807. The third-order valence-corrected chi connectivity index (χ3v) is 1.95. The highest BCUT2D eigenvalue weighted by Gasteiger charge is 2.03. The van der Waals surface area contributed by atoms with Crippen molar-refractivity contribution in [2.75, 3.05) is 5.32 Å². The summed E-state index contributed by atoms with van der Waals surface area (Å²) in [6.45, 7) is 1.96. The van der Waals surface area contributed by atoms with Crippen molar-refractivity contribution in [3.8, 4) is 0 Å². The average Bonchev–Trinajstić information content (AvgIpc) is 2.61. The van der Waals surface area contributed by atoms with Gasteiger partial charge in [0.2, 0.25) is 5.95 Å². The largest absolute Gasteiger partial charge is 0.320 e. The van der Waals surface area contributed by atoms with Crippen LogP contribution in [-0.4, -0.2) is 19.3 Å². The fourth-order valence-corrected chi connectivity index (χ4v) is 1.33. The second kappa shape index (κ2) is 3.17. The summed E-state index contributed by atoms with van der Waals surface area (Å²) in [6.07, 6.45) is 3.85.